The maximum absolute atomic E-state index is 12.2. The monoisotopic (exact) mass is 288 g/mol. The molecule has 1 amide bonds. The molecule has 2 aromatic rings. The lowest BCUT2D eigenvalue weighted by Gasteiger charge is -2.09. The number of aryl methyl sites for hydroxylation is 1. The molecular formula is C15H20N4O2. The van der Waals surface area contributed by atoms with Crippen molar-refractivity contribution in [3.8, 4) is 0 Å². The predicted octanol–water partition coefficient (Wildman–Crippen LogP) is 0.640. The molecule has 0 aliphatic rings. The van der Waals surface area contributed by atoms with Gasteiger partial charge in [-0.05, 0) is 17.5 Å². The molecule has 0 aliphatic heterocycles. The van der Waals surface area contributed by atoms with Gasteiger partial charge in [0.1, 0.15) is 0 Å². The quantitative estimate of drug-likeness (QED) is 0.465. The molecule has 21 heavy (non-hydrogen) atoms. The Bertz CT molecular complexity index is 672. The van der Waals surface area contributed by atoms with Crippen LogP contribution in [0.1, 0.15) is 24.5 Å². The standard InChI is InChI=1S/C15H20N4O2/c1-2-7-18-8-9-19(15(18)21)11-13-6-4-3-5-12(13)10-14(20)17-16/h3-6,8-9H,2,7,10-11,16H2,1H3,(H,17,20). The maximum Gasteiger partial charge on any atom is 0.328 e. The summed E-state index contributed by atoms with van der Waals surface area (Å²) in [7, 11) is 0. The fourth-order valence-corrected chi connectivity index (χ4v) is 2.28. The molecule has 0 radical (unpaired) electrons. The lowest BCUT2D eigenvalue weighted by atomic mass is 10.0. The first-order valence-corrected chi connectivity index (χ1v) is 6.97. The summed E-state index contributed by atoms with van der Waals surface area (Å²) < 4.78 is 3.34. The van der Waals surface area contributed by atoms with E-state index < -0.39 is 0 Å². The topological polar surface area (TPSA) is 82.1 Å². The number of hydrogen-bond donors (Lipinski definition) is 2. The van der Waals surface area contributed by atoms with Crippen LogP contribution in [-0.2, 0) is 24.3 Å². The molecule has 0 saturated carbocycles. The number of amides is 1. The SMILES string of the molecule is CCCn1ccn(Cc2ccccc2CC(=O)NN)c1=O. The zero-order chi connectivity index (χ0) is 15.2. The molecule has 3 N–H and O–H groups in total. The number of nitrogens with two attached hydrogens (primary N) is 1. The second-order valence-electron chi connectivity index (χ2n) is 4.92. The fraction of sp³-hybridized carbons (Fsp3) is 0.333. The van der Waals surface area contributed by atoms with Crippen molar-refractivity contribution in [3.63, 3.8) is 0 Å². The Kier molecular flexibility index (Phi) is 4.94. The average molecular weight is 288 g/mol. The van der Waals surface area contributed by atoms with E-state index in [9.17, 15) is 9.59 Å². The average Bonchev–Trinajstić information content (AvgIpc) is 2.83. The van der Waals surface area contributed by atoms with E-state index in [0.717, 1.165) is 17.5 Å². The van der Waals surface area contributed by atoms with Gasteiger partial charge in [-0.25, -0.2) is 10.6 Å². The van der Waals surface area contributed by atoms with E-state index in [1.54, 1.807) is 21.5 Å². The van der Waals surface area contributed by atoms with Gasteiger partial charge in [0.05, 0.1) is 13.0 Å². The van der Waals surface area contributed by atoms with Gasteiger partial charge in [-0.3, -0.25) is 19.4 Å². The van der Waals surface area contributed by atoms with Crippen molar-refractivity contribution in [2.24, 2.45) is 5.84 Å². The minimum Gasteiger partial charge on any atom is -0.299 e. The lowest BCUT2D eigenvalue weighted by molar-refractivity contribution is -0.120. The Labute approximate surface area is 123 Å². The van der Waals surface area contributed by atoms with Crippen LogP contribution in [0.2, 0.25) is 0 Å². The number of benzene rings is 1. The lowest BCUT2D eigenvalue weighted by Crippen LogP contribution is -2.32. The van der Waals surface area contributed by atoms with Gasteiger partial charge in [0.15, 0.2) is 0 Å². The summed E-state index contributed by atoms with van der Waals surface area (Å²) in [5, 5.41) is 0. The number of imidazole rings is 1. The van der Waals surface area contributed by atoms with Gasteiger partial charge in [-0.15, -0.1) is 0 Å². The molecule has 1 aromatic carbocycles. The summed E-state index contributed by atoms with van der Waals surface area (Å²) in [6.07, 6.45) is 4.69. The number of rotatable bonds is 6. The maximum atomic E-state index is 12.2. The van der Waals surface area contributed by atoms with E-state index in [-0.39, 0.29) is 18.0 Å². The molecule has 6 nitrogen and oxygen atoms in total. The van der Waals surface area contributed by atoms with Crippen molar-refractivity contribution in [2.45, 2.75) is 32.9 Å². The highest BCUT2D eigenvalue weighted by Gasteiger charge is 2.09. The fourth-order valence-electron chi connectivity index (χ4n) is 2.28. The van der Waals surface area contributed by atoms with Crippen LogP contribution < -0.4 is 17.0 Å². The first kappa shape index (κ1) is 15.1. The van der Waals surface area contributed by atoms with Crippen molar-refractivity contribution in [1.82, 2.24) is 14.6 Å². The summed E-state index contributed by atoms with van der Waals surface area (Å²) in [5.74, 6) is 4.87. The molecule has 0 fully saturated rings. The number of aromatic nitrogens is 2. The van der Waals surface area contributed by atoms with E-state index in [1.165, 1.54) is 0 Å². The van der Waals surface area contributed by atoms with E-state index in [1.807, 2.05) is 31.2 Å². The number of nitrogens with one attached hydrogen (secondary N) is 1. The van der Waals surface area contributed by atoms with Crippen LogP contribution in [-0.4, -0.2) is 15.0 Å². The van der Waals surface area contributed by atoms with Crippen LogP contribution in [0.5, 0.6) is 0 Å². The van der Waals surface area contributed by atoms with E-state index in [2.05, 4.69) is 5.43 Å². The third kappa shape index (κ3) is 3.61. The second-order valence-corrected chi connectivity index (χ2v) is 4.92. The Hall–Kier alpha value is -2.34. The Morgan fingerprint density at radius 3 is 2.52 bits per heavy atom. The number of nitrogens with zero attached hydrogens (tertiary/aromatic N) is 2. The Balaban J connectivity index is 2.23. The molecule has 0 unspecified atom stereocenters. The van der Waals surface area contributed by atoms with Crippen molar-refractivity contribution in [3.05, 3.63) is 58.3 Å². The molecule has 0 bridgehead atoms. The van der Waals surface area contributed by atoms with Crippen LogP contribution in [0.4, 0.5) is 0 Å². The molecule has 1 aromatic heterocycles. The Morgan fingerprint density at radius 1 is 1.19 bits per heavy atom. The van der Waals surface area contributed by atoms with Gasteiger partial charge >= 0.3 is 5.69 Å². The van der Waals surface area contributed by atoms with Crippen molar-refractivity contribution < 1.29 is 4.79 Å². The molecule has 6 heteroatoms. The molecular weight excluding hydrogens is 268 g/mol. The van der Waals surface area contributed by atoms with Gasteiger partial charge in [0.2, 0.25) is 5.91 Å². The Morgan fingerprint density at radius 2 is 1.86 bits per heavy atom. The van der Waals surface area contributed by atoms with Crippen LogP contribution in [0.25, 0.3) is 0 Å². The van der Waals surface area contributed by atoms with Crippen LogP contribution in [0, 0.1) is 0 Å². The summed E-state index contributed by atoms with van der Waals surface area (Å²) in [4.78, 5) is 23.6. The first-order valence-electron chi connectivity index (χ1n) is 6.97. The smallest absolute Gasteiger partial charge is 0.299 e. The van der Waals surface area contributed by atoms with E-state index in [4.69, 9.17) is 5.84 Å². The van der Waals surface area contributed by atoms with Gasteiger partial charge < -0.3 is 0 Å². The number of carbonyl (C=O) groups is 1. The van der Waals surface area contributed by atoms with Gasteiger partial charge in [-0.2, -0.15) is 0 Å². The zero-order valence-electron chi connectivity index (χ0n) is 12.1. The minimum absolute atomic E-state index is 0.0325. The number of carbonyl (C=O) groups excluding carboxylic acids is 1. The molecule has 2 rings (SSSR count). The number of hydrogen-bond acceptors (Lipinski definition) is 3. The van der Waals surface area contributed by atoms with Crippen molar-refractivity contribution >= 4 is 5.91 Å². The van der Waals surface area contributed by atoms with Crippen LogP contribution in [0.3, 0.4) is 0 Å². The van der Waals surface area contributed by atoms with Crippen LogP contribution >= 0.6 is 0 Å². The molecule has 0 spiro atoms. The van der Waals surface area contributed by atoms with E-state index in [0.29, 0.717) is 13.1 Å². The molecule has 0 aliphatic carbocycles. The highest BCUT2D eigenvalue weighted by molar-refractivity contribution is 5.78. The molecule has 0 saturated heterocycles. The van der Waals surface area contributed by atoms with Gasteiger partial charge in [0.25, 0.3) is 0 Å². The molecule has 112 valence electrons. The molecule has 1 heterocycles. The normalized spacial score (nSPS) is 10.6. The molecule has 0 atom stereocenters. The van der Waals surface area contributed by atoms with Gasteiger partial charge in [0, 0.05) is 18.9 Å². The highest BCUT2D eigenvalue weighted by Crippen LogP contribution is 2.11. The highest BCUT2D eigenvalue weighted by atomic mass is 16.2. The van der Waals surface area contributed by atoms with Crippen LogP contribution in [0.15, 0.2) is 41.5 Å². The third-order valence-electron chi connectivity index (χ3n) is 3.35. The van der Waals surface area contributed by atoms with Crippen molar-refractivity contribution in [1.29, 1.82) is 0 Å². The predicted molar refractivity (Wildman–Crippen MR) is 80.6 cm³/mol. The summed E-state index contributed by atoms with van der Waals surface area (Å²) in [5.41, 5.74) is 3.91. The third-order valence-corrected chi connectivity index (χ3v) is 3.35. The zero-order valence-corrected chi connectivity index (χ0v) is 12.1. The largest absolute Gasteiger partial charge is 0.328 e. The van der Waals surface area contributed by atoms with E-state index >= 15 is 0 Å². The van der Waals surface area contributed by atoms with Gasteiger partial charge in [-0.1, -0.05) is 31.2 Å². The number of hydrazine groups is 1. The minimum atomic E-state index is -0.252. The summed E-state index contributed by atoms with van der Waals surface area (Å²) in [6, 6.07) is 7.56. The summed E-state index contributed by atoms with van der Waals surface area (Å²) >= 11 is 0. The first-order chi connectivity index (χ1) is 10.2. The second kappa shape index (κ2) is 6.90. The summed E-state index contributed by atoms with van der Waals surface area (Å²) in [6.45, 7) is 3.19. The van der Waals surface area contributed by atoms with Crippen molar-refractivity contribution in [2.75, 3.05) is 0 Å².